The van der Waals surface area contributed by atoms with Gasteiger partial charge in [0.1, 0.15) is 17.5 Å². The molecule has 1 saturated heterocycles. The summed E-state index contributed by atoms with van der Waals surface area (Å²) in [5, 5.41) is 12.9. The molecule has 0 bridgehead atoms. The van der Waals surface area contributed by atoms with Crippen molar-refractivity contribution < 1.29 is 9.47 Å². The van der Waals surface area contributed by atoms with Crippen LogP contribution in [0.3, 0.4) is 0 Å². The molecule has 0 N–H and O–H groups in total. The molecule has 0 spiro atoms. The molecule has 164 valence electrons. The minimum absolute atomic E-state index is 0.121. The van der Waals surface area contributed by atoms with E-state index in [1.807, 2.05) is 28.9 Å². The number of piperazine rings is 1. The Morgan fingerprint density at radius 2 is 1.74 bits per heavy atom. The van der Waals surface area contributed by atoms with E-state index < -0.39 is 0 Å². The van der Waals surface area contributed by atoms with E-state index in [1.165, 1.54) is 5.56 Å². The SMILES string of the molecule is COc1ccc(OC)c([C@H](c2nnnn2CCc2ccccc2)N2CCN(C)CC2)c1. The van der Waals surface area contributed by atoms with E-state index in [9.17, 15) is 0 Å². The van der Waals surface area contributed by atoms with Gasteiger partial charge in [0.15, 0.2) is 5.82 Å². The number of hydrogen-bond acceptors (Lipinski definition) is 7. The summed E-state index contributed by atoms with van der Waals surface area (Å²) in [5.41, 5.74) is 2.28. The maximum Gasteiger partial charge on any atom is 0.173 e. The first-order chi connectivity index (χ1) is 15.2. The number of ether oxygens (including phenoxy) is 2. The van der Waals surface area contributed by atoms with E-state index in [0.717, 1.165) is 55.5 Å². The molecule has 2 heterocycles. The molecule has 0 radical (unpaired) electrons. The molecule has 31 heavy (non-hydrogen) atoms. The average molecular weight is 423 g/mol. The second kappa shape index (κ2) is 9.89. The summed E-state index contributed by atoms with van der Waals surface area (Å²) >= 11 is 0. The van der Waals surface area contributed by atoms with Crippen LogP contribution in [0, 0.1) is 0 Å². The van der Waals surface area contributed by atoms with Crippen molar-refractivity contribution in [1.29, 1.82) is 0 Å². The zero-order valence-electron chi connectivity index (χ0n) is 18.4. The van der Waals surface area contributed by atoms with Crippen molar-refractivity contribution in [3.8, 4) is 11.5 Å². The van der Waals surface area contributed by atoms with E-state index in [1.54, 1.807) is 14.2 Å². The molecular weight excluding hydrogens is 392 g/mol. The van der Waals surface area contributed by atoms with Gasteiger partial charge in [0.05, 0.1) is 14.2 Å². The molecule has 8 heteroatoms. The van der Waals surface area contributed by atoms with Gasteiger partial charge in [-0.2, -0.15) is 0 Å². The summed E-state index contributed by atoms with van der Waals surface area (Å²) in [6.45, 7) is 4.55. The fourth-order valence-corrected chi connectivity index (χ4v) is 4.08. The smallest absolute Gasteiger partial charge is 0.173 e. The van der Waals surface area contributed by atoms with Crippen LogP contribution in [0.25, 0.3) is 0 Å². The van der Waals surface area contributed by atoms with Crippen molar-refractivity contribution in [2.24, 2.45) is 0 Å². The molecular formula is C23H30N6O2. The molecule has 0 aliphatic carbocycles. The highest BCUT2D eigenvalue weighted by Gasteiger charge is 2.32. The van der Waals surface area contributed by atoms with Crippen LogP contribution in [0.2, 0.25) is 0 Å². The molecule has 8 nitrogen and oxygen atoms in total. The van der Waals surface area contributed by atoms with E-state index in [-0.39, 0.29) is 6.04 Å². The standard InChI is InChI=1S/C23H30N6O2/c1-27-13-15-28(16-14-27)22(20-17-19(30-2)9-10-21(20)31-3)23-24-25-26-29(23)12-11-18-7-5-4-6-8-18/h4-10,17,22H,11-16H2,1-3H3/t22-/m1/s1. The molecule has 4 rings (SSSR count). The number of aryl methyl sites for hydroxylation is 2. The Hall–Kier alpha value is -2.97. The maximum absolute atomic E-state index is 5.73. The van der Waals surface area contributed by atoms with Crippen LogP contribution in [0.1, 0.15) is 23.0 Å². The second-order valence-corrected chi connectivity index (χ2v) is 7.85. The molecule has 1 aliphatic heterocycles. The highest BCUT2D eigenvalue weighted by Crippen LogP contribution is 2.36. The van der Waals surface area contributed by atoms with Crippen LogP contribution in [0.15, 0.2) is 48.5 Å². The Labute approximate surface area is 183 Å². The Balaban J connectivity index is 1.70. The van der Waals surface area contributed by atoms with Crippen molar-refractivity contribution in [1.82, 2.24) is 30.0 Å². The van der Waals surface area contributed by atoms with Crippen molar-refractivity contribution in [2.75, 3.05) is 47.4 Å². The Morgan fingerprint density at radius 1 is 0.968 bits per heavy atom. The number of rotatable bonds is 8. The lowest BCUT2D eigenvalue weighted by Gasteiger charge is -2.37. The highest BCUT2D eigenvalue weighted by atomic mass is 16.5. The van der Waals surface area contributed by atoms with Gasteiger partial charge in [-0.3, -0.25) is 4.90 Å². The highest BCUT2D eigenvalue weighted by molar-refractivity contribution is 5.44. The Bertz CT molecular complexity index is 969. The lowest BCUT2D eigenvalue weighted by atomic mass is 10.0. The molecule has 2 aromatic carbocycles. The summed E-state index contributed by atoms with van der Waals surface area (Å²) < 4.78 is 13.2. The van der Waals surface area contributed by atoms with Gasteiger partial charge in [-0.05, 0) is 47.7 Å². The molecule has 1 aromatic heterocycles. The first-order valence-electron chi connectivity index (χ1n) is 10.6. The molecule has 1 atom stereocenters. The number of hydrogen-bond donors (Lipinski definition) is 0. The number of aromatic nitrogens is 4. The van der Waals surface area contributed by atoms with Crippen LogP contribution in [0.4, 0.5) is 0 Å². The molecule has 0 amide bonds. The molecule has 0 unspecified atom stereocenters. The Kier molecular flexibility index (Phi) is 6.79. The van der Waals surface area contributed by atoms with Gasteiger partial charge in [-0.25, -0.2) is 4.68 Å². The predicted octanol–water partition coefficient (Wildman–Crippen LogP) is 2.27. The van der Waals surface area contributed by atoms with Gasteiger partial charge in [0, 0.05) is 38.3 Å². The third kappa shape index (κ3) is 4.86. The Morgan fingerprint density at radius 3 is 2.45 bits per heavy atom. The first-order valence-corrected chi connectivity index (χ1v) is 10.6. The molecule has 1 fully saturated rings. The first kappa shape index (κ1) is 21.3. The van der Waals surface area contributed by atoms with Crippen LogP contribution >= 0.6 is 0 Å². The van der Waals surface area contributed by atoms with Crippen LogP contribution in [-0.2, 0) is 13.0 Å². The summed E-state index contributed by atoms with van der Waals surface area (Å²) in [6, 6.07) is 16.2. The minimum Gasteiger partial charge on any atom is -0.497 e. The predicted molar refractivity (Wildman–Crippen MR) is 118 cm³/mol. The van der Waals surface area contributed by atoms with Gasteiger partial charge in [0.2, 0.25) is 0 Å². The van der Waals surface area contributed by atoms with Crippen molar-refractivity contribution in [2.45, 2.75) is 19.0 Å². The van der Waals surface area contributed by atoms with Crippen molar-refractivity contribution in [3.63, 3.8) is 0 Å². The minimum atomic E-state index is -0.121. The summed E-state index contributed by atoms with van der Waals surface area (Å²) in [5.74, 6) is 2.42. The van der Waals surface area contributed by atoms with E-state index in [2.05, 4.69) is 56.6 Å². The zero-order chi connectivity index (χ0) is 21.6. The number of benzene rings is 2. The third-order valence-electron chi connectivity index (χ3n) is 5.89. The average Bonchev–Trinajstić information content (AvgIpc) is 3.28. The molecule has 0 saturated carbocycles. The van der Waals surface area contributed by atoms with E-state index >= 15 is 0 Å². The van der Waals surface area contributed by atoms with Crippen LogP contribution < -0.4 is 9.47 Å². The van der Waals surface area contributed by atoms with E-state index in [4.69, 9.17) is 9.47 Å². The lowest BCUT2D eigenvalue weighted by molar-refractivity contribution is 0.120. The van der Waals surface area contributed by atoms with Gasteiger partial charge in [-0.15, -0.1) is 5.10 Å². The molecule has 3 aromatic rings. The largest absolute Gasteiger partial charge is 0.497 e. The van der Waals surface area contributed by atoms with Gasteiger partial charge < -0.3 is 14.4 Å². The topological polar surface area (TPSA) is 68.5 Å². The fraction of sp³-hybridized carbons (Fsp3) is 0.435. The normalized spacial score (nSPS) is 16.2. The maximum atomic E-state index is 5.73. The van der Waals surface area contributed by atoms with E-state index in [0.29, 0.717) is 6.54 Å². The number of tetrazole rings is 1. The summed E-state index contributed by atoms with van der Waals surface area (Å²) in [4.78, 5) is 4.77. The summed E-state index contributed by atoms with van der Waals surface area (Å²) in [7, 11) is 5.54. The zero-order valence-corrected chi connectivity index (χ0v) is 18.4. The van der Waals surface area contributed by atoms with Gasteiger partial charge in [0.25, 0.3) is 0 Å². The van der Waals surface area contributed by atoms with Crippen LogP contribution in [-0.4, -0.2) is 77.5 Å². The quantitative estimate of drug-likeness (QED) is 0.552. The van der Waals surface area contributed by atoms with Gasteiger partial charge in [-0.1, -0.05) is 30.3 Å². The second-order valence-electron chi connectivity index (χ2n) is 7.85. The molecule has 1 aliphatic rings. The number of methoxy groups -OCH3 is 2. The van der Waals surface area contributed by atoms with Crippen molar-refractivity contribution in [3.05, 3.63) is 65.5 Å². The van der Waals surface area contributed by atoms with Crippen molar-refractivity contribution >= 4 is 0 Å². The van der Waals surface area contributed by atoms with Crippen LogP contribution in [0.5, 0.6) is 11.5 Å². The lowest BCUT2D eigenvalue weighted by Crippen LogP contribution is -2.46. The monoisotopic (exact) mass is 422 g/mol. The summed E-state index contributed by atoms with van der Waals surface area (Å²) in [6.07, 6.45) is 0.865. The third-order valence-corrected chi connectivity index (χ3v) is 5.89. The number of nitrogens with zero attached hydrogens (tertiary/aromatic N) is 6. The number of likely N-dealkylation sites (N-methyl/N-ethyl adjacent to an activating group) is 1. The van der Waals surface area contributed by atoms with Gasteiger partial charge >= 0.3 is 0 Å². The fourth-order valence-electron chi connectivity index (χ4n) is 4.08.